The van der Waals surface area contributed by atoms with E-state index in [9.17, 15) is 0 Å². The molecule has 0 radical (unpaired) electrons. The summed E-state index contributed by atoms with van der Waals surface area (Å²) >= 11 is 3.47. The number of rotatable bonds is 6. The first-order valence-corrected chi connectivity index (χ1v) is 7.34. The minimum atomic E-state index is 0.222. The molecule has 1 heterocycles. The first-order valence-electron chi connectivity index (χ1n) is 6.55. The zero-order chi connectivity index (χ0) is 14.5. The summed E-state index contributed by atoms with van der Waals surface area (Å²) in [6.45, 7) is 7.29. The van der Waals surface area contributed by atoms with Gasteiger partial charge < -0.3 is 10.1 Å². The van der Waals surface area contributed by atoms with Gasteiger partial charge in [0.1, 0.15) is 23.7 Å². The molecule has 0 amide bonds. The number of ether oxygens (including phenoxy) is 1. The highest BCUT2D eigenvalue weighted by Gasteiger charge is 2.13. The van der Waals surface area contributed by atoms with Gasteiger partial charge in [0, 0.05) is 16.1 Å². The van der Waals surface area contributed by atoms with Gasteiger partial charge in [0.25, 0.3) is 0 Å². The fourth-order valence-corrected chi connectivity index (χ4v) is 2.27. The maximum absolute atomic E-state index is 5.88. The van der Waals surface area contributed by atoms with Crippen LogP contribution in [0, 0.1) is 6.92 Å². The van der Waals surface area contributed by atoms with Crippen LogP contribution in [0.5, 0.6) is 5.75 Å². The number of aromatic nitrogens is 2. The maximum atomic E-state index is 5.88. The summed E-state index contributed by atoms with van der Waals surface area (Å²) in [6, 6.07) is 6.26. The molecule has 1 atom stereocenters. The molecule has 1 aromatic heterocycles. The number of benzene rings is 1. The van der Waals surface area contributed by atoms with Gasteiger partial charge in [-0.05, 0) is 32.5 Å². The summed E-state index contributed by atoms with van der Waals surface area (Å²) in [4.78, 5) is 0. The van der Waals surface area contributed by atoms with E-state index in [1.807, 2.05) is 19.1 Å². The summed E-state index contributed by atoms with van der Waals surface area (Å²) in [5.74, 6) is 0.829. The topological polar surface area (TPSA) is 60.2 Å². The molecule has 0 aliphatic carbocycles. The van der Waals surface area contributed by atoms with Gasteiger partial charge in [0.05, 0.1) is 0 Å². The average molecular weight is 340 g/mol. The van der Waals surface area contributed by atoms with Crippen LogP contribution in [0.1, 0.15) is 36.8 Å². The molecule has 1 N–H and O–H groups in total. The normalized spacial score (nSPS) is 12.4. The second-order valence-corrected chi connectivity index (χ2v) is 5.46. The second kappa shape index (κ2) is 6.85. The predicted molar refractivity (Wildman–Crippen MR) is 79.6 cm³/mol. The van der Waals surface area contributed by atoms with Crippen LogP contribution < -0.4 is 10.1 Å². The van der Waals surface area contributed by atoms with E-state index in [2.05, 4.69) is 56.1 Å². The van der Waals surface area contributed by atoms with Crippen molar-refractivity contribution in [3.05, 3.63) is 39.6 Å². The quantitative estimate of drug-likeness (QED) is 0.873. The SMILES string of the molecule is CCNC(C)c1ccc(Br)cc1OCc1nonc1C. The number of nitrogens with zero attached hydrogens (tertiary/aromatic N) is 2. The molecule has 6 heteroatoms. The zero-order valence-corrected chi connectivity index (χ0v) is 13.4. The van der Waals surface area contributed by atoms with Gasteiger partial charge in [-0.1, -0.05) is 39.2 Å². The largest absolute Gasteiger partial charge is 0.487 e. The Balaban J connectivity index is 2.17. The molecule has 5 nitrogen and oxygen atoms in total. The molecule has 0 fully saturated rings. The van der Waals surface area contributed by atoms with E-state index in [0.717, 1.165) is 28.0 Å². The Hall–Kier alpha value is -1.40. The first kappa shape index (κ1) is 15.0. The van der Waals surface area contributed by atoms with Gasteiger partial charge in [-0.25, -0.2) is 4.63 Å². The van der Waals surface area contributed by atoms with Crippen LogP contribution in [0.4, 0.5) is 0 Å². The van der Waals surface area contributed by atoms with Crippen molar-refractivity contribution < 1.29 is 9.37 Å². The van der Waals surface area contributed by atoms with Crippen molar-refractivity contribution in [1.82, 2.24) is 15.6 Å². The molecule has 20 heavy (non-hydrogen) atoms. The van der Waals surface area contributed by atoms with Crippen molar-refractivity contribution in [3.63, 3.8) is 0 Å². The average Bonchev–Trinajstić information content (AvgIpc) is 2.82. The van der Waals surface area contributed by atoms with E-state index in [-0.39, 0.29) is 6.04 Å². The Morgan fingerprint density at radius 1 is 1.40 bits per heavy atom. The molecule has 0 spiro atoms. The van der Waals surface area contributed by atoms with Crippen LogP contribution >= 0.6 is 15.9 Å². The third-order valence-corrected chi connectivity index (χ3v) is 3.56. The van der Waals surface area contributed by atoms with Crippen LogP contribution in [0.15, 0.2) is 27.3 Å². The van der Waals surface area contributed by atoms with E-state index in [1.165, 1.54) is 0 Å². The van der Waals surface area contributed by atoms with Crippen molar-refractivity contribution in [2.24, 2.45) is 0 Å². The minimum Gasteiger partial charge on any atom is -0.487 e. The molecule has 1 aromatic carbocycles. The van der Waals surface area contributed by atoms with Gasteiger partial charge in [-0.15, -0.1) is 0 Å². The van der Waals surface area contributed by atoms with Crippen molar-refractivity contribution in [1.29, 1.82) is 0 Å². The van der Waals surface area contributed by atoms with Crippen LogP contribution in [-0.4, -0.2) is 16.9 Å². The lowest BCUT2D eigenvalue weighted by Crippen LogP contribution is -2.18. The molecular weight excluding hydrogens is 322 g/mol. The van der Waals surface area contributed by atoms with E-state index in [1.54, 1.807) is 0 Å². The number of nitrogens with one attached hydrogen (secondary N) is 1. The Morgan fingerprint density at radius 3 is 2.85 bits per heavy atom. The molecule has 0 saturated heterocycles. The molecular formula is C14H18BrN3O2. The lowest BCUT2D eigenvalue weighted by molar-refractivity contribution is 0.267. The molecule has 0 aliphatic heterocycles. The standard InChI is InChI=1S/C14H18BrN3O2/c1-4-16-9(2)12-6-5-11(15)7-14(12)19-8-13-10(3)17-20-18-13/h5-7,9,16H,4,8H2,1-3H3. The summed E-state index contributed by atoms with van der Waals surface area (Å²) < 4.78 is 11.5. The predicted octanol–water partition coefficient (Wildman–Crippen LogP) is 3.39. The molecule has 0 bridgehead atoms. The van der Waals surface area contributed by atoms with E-state index in [4.69, 9.17) is 4.74 Å². The highest BCUT2D eigenvalue weighted by atomic mass is 79.9. The molecule has 2 rings (SSSR count). The van der Waals surface area contributed by atoms with E-state index >= 15 is 0 Å². The Bertz CT molecular complexity index is 571. The third-order valence-electron chi connectivity index (χ3n) is 3.06. The van der Waals surface area contributed by atoms with Crippen LogP contribution in [0.3, 0.4) is 0 Å². The number of aryl methyl sites for hydroxylation is 1. The van der Waals surface area contributed by atoms with Crippen molar-refractivity contribution in [2.45, 2.75) is 33.4 Å². The fraction of sp³-hybridized carbons (Fsp3) is 0.429. The Morgan fingerprint density at radius 2 is 2.20 bits per heavy atom. The summed E-state index contributed by atoms with van der Waals surface area (Å²) in [5, 5.41) is 11.0. The molecule has 0 saturated carbocycles. The van der Waals surface area contributed by atoms with Crippen molar-refractivity contribution >= 4 is 15.9 Å². The highest BCUT2D eigenvalue weighted by molar-refractivity contribution is 9.10. The van der Waals surface area contributed by atoms with Crippen molar-refractivity contribution in [3.8, 4) is 5.75 Å². The monoisotopic (exact) mass is 339 g/mol. The highest BCUT2D eigenvalue weighted by Crippen LogP contribution is 2.29. The maximum Gasteiger partial charge on any atom is 0.145 e. The van der Waals surface area contributed by atoms with Crippen LogP contribution in [0.25, 0.3) is 0 Å². The summed E-state index contributed by atoms with van der Waals surface area (Å²) in [5.41, 5.74) is 2.58. The minimum absolute atomic E-state index is 0.222. The van der Waals surface area contributed by atoms with Gasteiger partial charge in [0.2, 0.25) is 0 Å². The zero-order valence-electron chi connectivity index (χ0n) is 11.8. The van der Waals surface area contributed by atoms with Gasteiger partial charge >= 0.3 is 0 Å². The van der Waals surface area contributed by atoms with Gasteiger partial charge in [0.15, 0.2) is 0 Å². The summed E-state index contributed by atoms with van der Waals surface area (Å²) in [7, 11) is 0. The molecule has 108 valence electrons. The lowest BCUT2D eigenvalue weighted by Gasteiger charge is -2.17. The lowest BCUT2D eigenvalue weighted by atomic mass is 10.1. The number of hydrogen-bond acceptors (Lipinski definition) is 5. The van der Waals surface area contributed by atoms with Crippen molar-refractivity contribution in [2.75, 3.05) is 6.54 Å². The summed E-state index contributed by atoms with van der Waals surface area (Å²) in [6.07, 6.45) is 0. The van der Waals surface area contributed by atoms with E-state index < -0.39 is 0 Å². The van der Waals surface area contributed by atoms with E-state index in [0.29, 0.717) is 12.3 Å². The smallest absolute Gasteiger partial charge is 0.145 e. The first-order chi connectivity index (χ1) is 9.61. The Labute approximate surface area is 126 Å². The second-order valence-electron chi connectivity index (χ2n) is 4.55. The van der Waals surface area contributed by atoms with Crippen LogP contribution in [0.2, 0.25) is 0 Å². The van der Waals surface area contributed by atoms with Gasteiger partial charge in [-0.2, -0.15) is 0 Å². The Kier molecular flexibility index (Phi) is 5.14. The number of halogens is 1. The fourth-order valence-electron chi connectivity index (χ4n) is 1.93. The molecule has 2 aromatic rings. The molecule has 0 aliphatic rings. The molecule has 1 unspecified atom stereocenters. The van der Waals surface area contributed by atoms with Gasteiger partial charge in [-0.3, -0.25) is 0 Å². The third kappa shape index (κ3) is 3.58. The number of hydrogen-bond donors (Lipinski definition) is 1. The van der Waals surface area contributed by atoms with Crippen LogP contribution in [-0.2, 0) is 6.61 Å².